The zero-order valence-electron chi connectivity index (χ0n) is 6.92. The minimum atomic E-state index is -0.919. The second-order valence-corrected chi connectivity index (χ2v) is 2.51. The summed E-state index contributed by atoms with van der Waals surface area (Å²) in [4.78, 5) is 13.1. The highest BCUT2D eigenvalue weighted by molar-refractivity contribution is 5.85. The number of aromatic amines is 1. The third-order valence-electron chi connectivity index (χ3n) is 1.55. The van der Waals surface area contributed by atoms with E-state index in [1.807, 2.05) is 6.92 Å². The van der Waals surface area contributed by atoms with Crippen molar-refractivity contribution in [2.24, 2.45) is 0 Å². The lowest BCUT2D eigenvalue weighted by molar-refractivity contribution is 0.0691. The monoisotopic (exact) mass is 168 g/mol. The number of carbonyl (C=O) groups is 1. The van der Waals surface area contributed by atoms with E-state index in [0.29, 0.717) is 6.54 Å². The van der Waals surface area contributed by atoms with Crippen molar-refractivity contribution < 1.29 is 9.90 Å². The molecule has 0 radical (unpaired) electrons. The highest BCUT2D eigenvalue weighted by Gasteiger charge is 2.04. The summed E-state index contributed by atoms with van der Waals surface area (Å²) >= 11 is 0. The second-order valence-electron chi connectivity index (χ2n) is 2.51. The van der Waals surface area contributed by atoms with E-state index < -0.39 is 5.97 Å². The van der Waals surface area contributed by atoms with E-state index in [0.717, 1.165) is 12.1 Å². The zero-order valence-corrected chi connectivity index (χ0v) is 6.92. The van der Waals surface area contributed by atoms with E-state index in [9.17, 15) is 4.79 Å². The third-order valence-corrected chi connectivity index (χ3v) is 1.55. The maximum absolute atomic E-state index is 10.4. The Labute approximate surface area is 70.6 Å². The van der Waals surface area contributed by atoms with Crippen LogP contribution in [0.1, 0.15) is 23.0 Å². The predicted molar refractivity (Wildman–Crippen MR) is 45.1 cm³/mol. The molecule has 66 valence electrons. The highest BCUT2D eigenvalue weighted by Crippen LogP contribution is 2.02. The van der Waals surface area contributed by atoms with Gasteiger partial charge in [0.15, 0.2) is 0 Å². The Morgan fingerprint density at radius 2 is 2.50 bits per heavy atom. The second kappa shape index (κ2) is 3.92. The molecule has 0 bridgehead atoms. The van der Waals surface area contributed by atoms with Crippen molar-refractivity contribution in [3.63, 3.8) is 0 Å². The number of aromatic carboxylic acids is 1. The van der Waals surface area contributed by atoms with Crippen LogP contribution in [-0.2, 0) is 6.54 Å². The molecule has 0 aromatic carbocycles. The summed E-state index contributed by atoms with van der Waals surface area (Å²) < 4.78 is 0. The molecule has 0 aliphatic carbocycles. The van der Waals surface area contributed by atoms with Gasteiger partial charge in [0.2, 0.25) is 0 Å². The minimum absolute atomic E-state index is 0.239. The molecule has 1 heterocycles. The largest absolute Gasteiger partial charge is 0.477 e. The molecule has 0 aliphatic heterocycles. The first kappa shape index (κ1) is 8.80. The van der Waals surface area contributed by atoms with Crippen molar-refractivity contribution in [2.45, 2.75) is 13.5 Å². The molecule has 0 atom stereocenters. The van der Waals surface area contributed by atoms with Crippen LogP contribution in [-0.4, -0.2) is 22.6 Å². The van der Waals surface area contributed by atoms with Crippen molar-refractivity contribution in [3.8, 4) is 0 Å². The molecular weight excluding hydrogens is 156 g/mol. The van der Waals surface area contributed by atoms with Gasteiger partial charge < -0.3 is 15.4 Å². The lowest BCUT2D eigenvalue weighted by Gasteiger charge is -1.95. The highest BCUT2D eigenvalue weighted by atomic mass is 16.4. The first-order valence-electron chi connectivity index (χ1n) is 3.85. The summed E-state index contributed by atoms with van der Waals surface area (Å²) in [6, 6.07) is 1.63. The Bertz CT molecular complexity index is 268. The summed E-state index contributed by atoms with van der Waals surface area (Å²) in [5, 5.41) is 11.7. The van der Waals surface area contributed by atoms with E-state index in [1.54, 1.807) is 12.3 Å². The number of rotatable bonds is 4. The molecule has 0 fully saturated rings. The lowest BCUT2D eigenvalue weighted by Crippen LogP contribution is -2.10. The van der Waals surface area contributed by atoms with Crippen molar-refractivity contribution in [1.82, 2.24) is 10.3 Å². The molecule has 0 aliphatic rings. The molecule has 0 saturated heterocycles. The van der Waals surface area contributed by atoms with Crippen molar-refractivity contribution in [2.75, 3.05) is 6.54 Å². The number of aromatic nitrogens is 1. The molecular formula is C8H12N2O2. The molecule has 3 N–H and O–H groups in total. The van der Waals surface area contributed by atoms with Crippen LogP contribution in [0, 0.1) is 0 Å². The van der Waals surface area contributed by atoms with E-state index in [2.05, 4.69) is 10.3 Å². The van der Waals surface area contributed by atoms with E-state index in [-0.39, 0.29) is 5.69 Å². The van der Waals surface area contributed by atoms with Gasteiger partial charge in [0.1, 0.15) is 5.69 Å². The number of hydrogen-bond acceptors (Lipinski definition) is 2. The molecule has 0 amide bonds. The standard InChI is InChI=1S/C8H12N2O2/c1-2-9-4-6-3-7(8(11)12)10-5-6/h3,5,9-10H,2,4H2,1H3,(H,11,12). The van der Waals surface area contributed by atoms with Crippen LogP contribution in [0.2, 0.25) is 0 Å². The van der Waals surface area contributed by atoms with Gasteiger partial charge in [0.05, 0.1) is 0 Å². The van der Waals surface area contributed by atoms with Crippen molar-refractivity contribution >= 4 is 5.97 Å². The van der Waals surface area contributed by atoms with Crippen LogP contribution in [0.15, 0.2) is 12.3 Å². The average molecular weight is 168 g/mol. The van der Waals surface area contributed by atoms with Gasteiger partial charge in [0.25, 0.3) is 0 Å². The quantitative estimate of drug-likeness (QED) is 0.623. The molecule has 4 nitrogen and oxygen atoms in total. The molecule has 0 saturated carbocycles. The smallest absolute Gasteiger partial charge is 0.352 e. The molecule has 1 aromatic rings. The minimum Gasteiger partial charge on any atom is -0.477 e. The molecule has 12 heavy (non-hydrogen) atoms. The van der Waals surface area contributed by atoms with Gasteiger partial charge in [-0.25, -0.2) is 4.79 Å². The number of carboxylic acids is 1. The van der Waals surface area contributed by atoms with E-state index in [4.69, 9.17) is 5.11 Å². The molecule has 0 spiro atoms. The number of H-pyrrole nitrogens is 1. The molecule has 0 unspecified atom stereocenters. The van der Waals surface area contributed by atoms with Crippen LogP contribution in [0.25, 0.3) is 0 Å². The lowest BCUT2D eigenvalue weighted by atomic mass is 10.3. The number of carboxylic acid groups (broad SMARTS) is 1. The first-order chi connectivity index (χ1) is 5.74. The van der Waals surface area contributed by atoms with Gasteiger partial charge in [-0.15, -0.1) is 0 Å². The fourth-order valence-electron chi connectivity index (χ4n) is 0.934. The molecule has 4 heteroatoms. The van der Waals surface area contributed by atoms with Gasteiger partial charge in [0, 0.05) is 12.7 Å². The maximum Gasteiger partial charge on any atom is 0.352 e. The van der Waals surface area contributed by atoms with Crippen LogP contribution in [0.3, 0.4) is 0 Å². The van der Waals surface area contributed by atoms with E-state index >= 15 is 0 Å². The average Bonchev–Trinajstić information content (AvgIpc) is 2.48. The van der Waals surface area contributed by atoms with Gasteiger partial charge in [-0.2, -0.15) is 0 Å². The van der Waals surface area contributed by atoms with Crippen molar-refractivity contribution in [3.05, 3.63) is 23.5 Å². The summed E-state index contributed by atoms with van der Waals surface area (Å²) in [5.41, 5.74) is 1.21. The van der Waals surface area contributed by atoms with Gasteiger partial charge in [-0.1, -0.05) is 6.92 Å². The van der Waals surface area contributed by atoms with Crippen LogP contribution >= 0.6 is 0 Å². The molecule has 1 aromatic heterocycles. The Kier molecular flexibility index (Phi) is 2.88. The summed E-state index contributed by atoms with van der Waals surface area (Å²) in [5.74, 6) is -0.919. The Morgan fingerprint density at radius 1 is 1.75 bits per heavy atom. The third kappa shape index (κ3) is 2.10. The zero-order chi connectivity index (χ0) is 8.97. The Balaban J connectivity index is 2.58. The Morgan fingerprint density at radius 3 is 3.00 bits per heavy atom. The Hall–Kier alpha value is -1.29. The van der Waals surface area contributed by atoms with Crippen molar-refractivity contribution in [1.29, 1.82) is 0 Å². The topological polar surface area (TPSA) is 65.1 Å². The normalized spacial score (nSPS) is 10.1. The van der Waals surface area contributed by atoms with Crippen LogP contribution < -0.4 is 5.32 Å². The number of hydrogen-bond donors (Lipinski definition) is 3. The summed E-state index contributed by atoms with van der Waals surface area (Å²) in [7, 11) is 0. The summed E-state index contributed by atoms with van der Waals surface area (Å²) in [6.07, 6.45) is 1.70. The SMILES string of the molecule is CCNCc1c[nH]c(C(=O)O)c1. The van der Waals surface area contributed by atoms with Crippen LogP contribution in [0.4, 0.5) is 0 Å². The summed E-state index contributed by atoms with van der Waals surface area (Å²) in [6.45, 7) is 3.60. The molecule has 1 rings (SSSR count). The van der Waals surface area contributed by atoms with Gasteiger partial charge in [-0.3, -0.25) is 0 Å². The first-order valence-corrected chi connectivity index (χ1v) is 3.85. The van der Waals surface area contributed by atoms with E-state index in [1.165, 1.54) is 0 Å². The maximum atomic E-state index is 10.4. The fourth-order valence-corrected chi connectivity index (χ4v) is 0.934. The van der Waals surface area contributed by atoms with Gasteiger partial charge in [-0.05, 0) is 18.2 Å². The van der Waals surface area contributed by atoms with Gasteiger partial charge >= 0.3 is 5.97 Å². The predicted octanol–water partition coefficient (Wildman–Crippen LogP) is 0.822. The van der Waals surface area contributed by atoms with Crippen LogP contribution in [0.5, 0.6) is 0 Å². The number of nitrogens with one attached hydrogen (secondary N) is 2. The fraction of sp³-hybridized carbons (Fsp3) is 0.375.